The molecule has 0 atom stereocenters. The maximum atomic E-state index is 12.9. The molecule has 1 aromatic carbocycles. The van der Waals surface area contributed by atoms with Gasteiger partial charge in [0, 0.05) is 11.8 Å². The molecule has 0 spiro atoms. The third kappa shape index (κ3) is 2.71. The van der Waals surface area contributed by atoms with Gasteiger partial charge in [-0.25, -0.2) is 4.39 Å². The molecular formula is C8H6F5NO. The van der Waals surface area contributed by atoms with E-state index in [1.54, 1.807) is 0 Å². The number of alkyl halides is 4. The topological polar surface area (TPSA) is 35.2 Å². The predicted octanol–water partition coefficient (Wildman–Crippen LogP) is 2.64. The Balaban J connectivity index is 2.90. The lowest BCUT2D eigenvalue weighted by Crippen LogP contribution is -2.33. The summed E-state index contributed by atoms with van der Waals surface area (Å²) in [7, 11) is 0. The Labute approximate surface area is 81.4 Å². The zero-order valence-corrected chi connectivity index (χ0v) is 7.18. The number of ether oxygens (including phenoxy) is 1. The van der Waals surface area contributed by atoms with Crippen LogP contribution < -0.4 is 10.5 Å². The summed E-state index contributed by atoms with van der Waals surface area (Å²) in [6.07, 6.45) is -8.76. The molecule has 84 valence electrons. The van der Waals surface area contributed by atoms with Crippen LogP contribution in [0.2, 0.25) is 0 Å². The first-order chi connectivity index (χ1) is 6.83. The maximum absolute atomic E-state index is 12.9. The SMILES string of the molecule is Nc1ccc(OC(F)(F)C(F)F)c(F)c1. The first-order valence-corrected chi connectivity index (χ1v) is 3.73. The summed E-state index contributed by atoms with van der Waals surface area (Å²) in [6, 6.07) is 2.50. The molecule has 1 aromatic rings. The first-order valence-electron chi connectivity index (χ1n) is 3.73. The largest absolute Gasteiger partial charge is 0.461 e. The smallest absolute Gasteiger partial charge is 0.425 e. The molecule has 0 aliphatic heterocycles. The molecule has 1 rings (SSSR count). The first kappa shape index (κ1) is 11.5. The molecule has 0 aromatic heterocycles. The highest BCUT2D eigenvalue weighted by molar-refractivity contribution is 5.42. The van der Waals surface area contributed by atoms with E-state index in [-0.39, 0.29) is 5.69 Å². The summed E-state index contributed by atoms with van der Waals surface area (Å²) in [5.74, 6) is -2.20. The Bertz CT molecular complexity index is 355. The van der Waals surface area contributed by atoms with E-state index in [9.17, 15) is 22.0 Å². The van der Waals surface area contributed by atoms with Crippen LogP contribution in [0.4, 0.5) is 27.6 Å². The highest BCUT2D eigenvalue weighted by Gasteiger charge is 2.44. The molecule has 0 heterocycles. The lowest BCUT2D eigenvalue weighted by Gasteiger charge is -2.17. The minimum Gasteiger partial charge on any atom is -0.425 e. The molecule has 0 saturated heterocycles. The maximum Gasteiger partial charge on any atom is 0.461 e. The van der Waals surface area contributed by atoms with Crippen molar-refractivity contribution in [1.29, 1.82) is 0 Å². The van der Waals surface area contributed by atoms with Crippen LogP contribution in [-0.4, -0.2) is 12.5 Å². The molecule has 0 saturated carbocycles. The number of nitrogen functional groups attached to an aromatic ring is 1. The van der Waals surface area contributed by atoms with Gasteiger partial charge in [0.15, 0.2) is 11.6 Å². The van der Waals surface area contributed by atoms with E-state index in [1.807, 2.05) is 0 Å². The number of hydrogen-bond donors (Lipinski definition) is 1. The van der Waals surface area contributed by atoms with Gasteiger partial charge in [-0.05, 0) is 12.1 Å². The Morgan fingerprint density at radius 3 is 2.33 bits per heavy atom. The van der Waals surface area contributed by atoms with Crippen molar-refractivity contribution >= 4 is 5.69 Å². The van der Waals surface area contributed by atoms with Crippen molar-refractivity contribution in [3.8, 4) is 5.75 Å². The lowest BCUT2D eigenvalue weighted by molar-refractivity contribution is -0.254. The standard InChI is InChI=1S/C8H6F5NO/c9-5-3-4(14)1-2-6(5)15-8(12,13)7(10)11/h1-3,7H,14H2. The fourth-order valence-electron chi connectivity index (χ4n) is 0.791. The number of rotatable bonds is 3. The van der Waals surface area contributed by atoms with E-state index in [2.05, 4.69) is 4.74 Å². The van der Waals surface area contributed by atoms with Gasteiger partial charge in [0.05, 0.1) is 0 Å². The second-order valence-electron chi connectivity index (χ2n) is 2.65. The van der Waals surface area contributed by atoms with Gasteiger partial charge in [-0.3, -0.25) is 0 Å². The number of hydrogen-bond acceptors (Lipinski definition) is 2. The average molecular weight is 227 g/mol. The molecule has 0 aliphatic carbocycles. The molecule has 7 heteroatoms. The van der Waals surface area contributed by atoms with Gasteiger partial charge in [0.1, 0.15) is 0 Å². The predicted molar refractivity (Wildman–Crippen MR) is 42.4 cm³/mol. The van der Waals surface area contributed by atoms with Crippen LogP contribution in [0, 0.1) is 5.82 Å². The van der Waals surface area contributed by atoms with Gasteiger partial charge < -0.3 is 10.5 Å². The van der Waals surface area contributed by atoms with Crippen LogP contribution in [0.5, 0.6) is 5.75 Å². The minimum absolute atomic E-state index is 0.0276. The summed E-state index contributed by atoms with van der Waals surface area (Å²) in [5.41, 5.74) is 5.09. The highest BCUT2D eigenvalue weighted by Crippen LogP contribution is 2.29. The molecule has 2 nitrogen and oxygen atoms in total. The number of benzene rings is 1. The molecule has 0 radical (unpaired) electrons. The molecule has 0 fully saturated rings. The summed E-state index contributed by atoms with van der Waals surface area (Å²) < 4.78 is 64.5. The van der Waals surface area contributed by atoms with Crippen LogP contribution in [0.25, 0.3) is 0 Å². The van der Waals surface area contributed by atoms with Crippen molar-refractivity contribution in [3.63, 3.8) is 0 Å². The van der Waals surface area contributed by atoms with Crippen molar-refractivity contribution in [2.45, 2.75) is 12.5 Å². The third-order valence-corrected chi connectivity index (χ3v) is 1.46. The normalized spacial score (nSPS) is 11.9. The van der Waals surface area contributed by atoms with E-state index in [0.29, 0.717) is 6.07 Å². The van der Waals surface area contributed by atoms with Gasteiger partial charge in [0.25, 0.3) is 0 Å². The molecule has 0 amide bonds. The van der Waals surface area contributed by atoms with E-state index < -0.39 is 24.1 Å². The number of halogens is 5. The van der Waals surface area contributed by atoms with E-state index >= 15 is 0 Å². The van der Waals surface area contributed by atoms with Crippen LogP contribution in [0.15, 0.2) is 18.2 Å². The molecule has 0 unspecified atom stereocenters. The van der Waals surface area contributed by atoms with Crippen molar-refractivity contribution in [1.82, 2.24) is 0 Å². The third-order valence-electron chi connectivity index (χ3n) is 1.46. The van der Waals surface area contributed by atoms with Gasteiger partial charge >= 0.3 is 12.5 Å². The zero-order chi connectivity index (χ0) is 11.6. The van der Waals surface area contributed by atoms with Gasteiger partial charge in [-0.15, -0.1) is 0 Å². The summed E-state index contributed by atoms with van der Waals surface area (Å²) in [5, 5.41) is 0. The quantitative estimate of drug-likeness (QED) is 0.636. The second-order valence-corrected chi connectivity index (χ2v) is 2.65. The van der Waals surface area contributed by atoms with Crippen molar-refractivity contribution in [2.24, 2.45) is 0 Å². The number of nitrogens with two attached hydrogens (primary N) is 1. The summed E-state index contributed by atoms with van der Waals surface area (Å²) in [6.45, 7) is 0. The summed E-state index contributed by atoms with van der Waals surface area (Å²) >= 11 is 0. The van der Waals surface area contributed by atoms with Crippen molar-refractivity contribution in [2.75, 3.05) is 5.73 Å². The molecule has 15 heavy (non-hydrogen) atoms. The van der Waals surface area contributed by atoms with E-state index in [1.165, 1.54) is 0 Å². The Morgan fingerprint density at radius 1 is 1.27 bits per heavy atom. The minimum atomic E-state index is -4.73. The molecule has 2 N–H and O–H groups in total. The van der Waals surface area contributed by atoms with Crippen LogP contribution in [0.3, 0.4) is 0 Å². The average Bonchev–Trinajstić information content (AvgIpc) is 2.09. The second kappa shape index (κ2) is 3.92. The Kier molecular flexibility index (Phi) is 3.01. The Morgan fingerprint density at radius 2 is 1.87 bits per heavy atom. The highest BCUT2D eigenvalue weighted by atomic mass is 19.3. The Hall–Kier alpha value is -1.53. The van der Waals surface area contributed by atoms with Gasteiger partial charge in [-0.2, -0.15) is 17.6 Å². The van der Waals surface area contributed by atoms with Crippen LogP contribution in [0.1, 0.15) is 0 Å². The van der Waals surface area contributed by atoms with Gasteiger partial charge in [-0.1, -0.05) is 0 Å². The fourth-order valence-corrected chi connectivity index (χ4v) is 0.791. The molecule has 0 aliphatic rings. The van der Waals surface area contributed by atoms with Crippen LogP contribution >= 0.6 is 0 Å². The van der Waals surface area contributed by atoms with Crippen molar-refractivity contribution < 1.29 is 26.7 Å². The number of anilines is 1. The zero-order valence-electron chi connectivity index (χ0n) is 7.18. The lowest BCUT2D eigenvalue weighted by atomic mass is 10.3. The van der Waals surface area contributed by atoms with Crippen LogP contribution in [-0.2, 0) is 0 Å². The van der Waals surface area contributed by atoms with Crippen molar-refractivity contribution in [3.05, 3.63) is 24.0 Å². The fraction of sp³-hybridized carbons (Fsp3) is 0.250. The van der Waals surface area contributed by atoms with E-state index in [0.717, 1.165) is 12.1 Å². The molecular weight excluding hydrogens is 221 g/mol. The molecule has 0 bridgehead atoms. The monoisotopic (exact) mass is 227 g/mol. The van der Waals surface area contributed by atoms with Gasteiger partial charge in [0.2, 0.25) is 0 Å². The van der Waals surface area contributed by atoms with E-state index in [4.69, 9.17) is 5.73 Å². The summed E-state index contributed by atoms with van der Waals surface area (Å²) in [4.78, 5) is 0.